The summed E-state index contributed by atoms with van der Waals surface area (Å²) in [5, 5.41) is 11.6. The van der Waals surface area contributed by atoms with E-state index >= 15 is 0 Å². The number of piperidine rings is 1. The van der Waals surface area contributed by atoms with Crippen molar-refractivity contribution >= 4 is 5.91 Å². The summed E-state index contributed by atoms with van der Waals surface area (Å²) in [7, 11) is 1.87. The number of nitrogens with zero attached hydrogens (tertiary/aromatic N) is 3. The summed E-state index contributed by atoms with van der Waals surface area (Å²) in [6, 6.07) is 10.1. The quantitative estimate of drug-likeness (QED) is 0.915. The van der Waals surface area contributed by atoms with Crippen LogP contribution in [0, 0.1) is 5.92 Å². The van der Waals surface area contributed by atoms with Gasteiger partial charge in [-0.05, 0) is 24.8 Å². The maximum absolute atomic E-state index is 13.0. The van der Waals surface area contributed by atoms with E-state index < -0.39 is 5.60 Å². The SMILES string of the molecule is Cn1cnc(C(=O)N2CCC(O)(c3ccccc3)[C@H]3CCCC[C@H]32)c1. The third-order valence-electron chi connectivity index (χ3n) is 5.94. The number of aromatic nitrogens is 2. The van der Waals surface area contributed by atoms with E-state index in [1.54, 1.807) is 17.1 Å². The Hall–Kier alpha value is -2.14. The Kier molecular flexibility index (Phi) is 4.12. The lowest BCUT2D eigenvalue weighted by molar-refractivity contribution is -0.110. The monoisotopic (exact) mass is 339 g/mol. The Balaban J connectivity index is 1.65. The number of hydrogen-bond acceptors (Lipinski definition) is 3. The van der Waals surface area contributed by atoms with E-state index in [0.29, 0.717) is 18.7 Å². The first-order chi connectivity index (χ1) is 12.1. The van der Waals surface area contributed by atoms with E-state index in [0.717, 1.165) is 31.2 Å². The minimum absolute atomic E-state index is 0.00684. The molecule has 5 heteroatoms. The topological polar surface area (TPSA) is 58.4 Å². The Morgan fingerprint density at radius 3 is 2.72 bits per heavy atom. The van der Waals surface area contributed by atoms with Gasteiger partial charge in [-0.2, -0.15) is 0 Å². The van der Waals surface area contributed by atoms with Crippen LogP contribution in [0.25, 0.3) is 0 Å². The minimum atomic E-state index is -0.840. The number of hydrogen-bond donors (Lipinski definition) is 1. The number of imidazole rings is 1. The molecule has 1 saturated heterocycles. The van der Waals surface area contributed by atoms with Gasteiger partial charge in [0.15, 0.2) is 0 Å². The zero-order valence-corrected chi connectivity index (χ0v) is 14.6. The van der Waals surface area contributed by atoms with Crippen LogP contribution in [0.4, 0.5) is 0 Å². The van der Waals surface area contributed by atoms with Gasteiger partial charge >= 0.3 is 0 Å². The Morgan fingerprint density at radius 1 is 1.24 bits per heavy atom. The molecule has 1 unspecified atom stereocenters. The Labute approximate surface area is 148 Å². The highest BCUT2D eigenvalue weighted by atomic mass is 16.3. The molecule has 4 rings (SSSR count). The number of benzene rings is 1. The van der Waals surface area contributed by atoms with Crippen LogP contribution in [0.5, 0.6) is 0 Å². The molecule has 25 heavy (non-hydrogen) atoms. The second kappa shape index (κ2) is 6.30. The molecule has 1 aliphatic heterocycles. The molecule has 1 saturated carbocycles. The largest absolute Gasteiger partial charge is 0.385 e. The first-order valence-corrected chi connectivity index (χ1v) is 9.16. The van der Waals surface area contributed by atoms with Gasteiger partial charge in [0.05, 0.1) is 11.9 Å². The molecule has 2 heterocycles. The molecule has 132 valence electrons. The summed E-state index contributed by atoms with van der Waals surface area (Å²) in [6.07, 6.45) is 8.16. The van der Waals surface area contributed by atoms with Crippen molar-refractivity contribution in [3.05, 3.63) is 54.1 Å². The van der Waals surface area contributed by atoms with Gasteiger partial charge in [-0.3, -0.25) is 4.79 Å². The third kappa shape index (κ3) is 2.76. The van der Waals surface area contributed by atoms with Gasteiger partial charge < -0.3 is 14.6 Å². The lowest BCUT2D eigenvalue weighted by atomic mass is 9.66. The molecule has 2 aliphatic rings. The van der Waals surface area contributed by atoms with Gasteiger partial charge in [-0.1, -0.05) is 43.2 Å². The van der Waals surface area contributed by atoms with Crippen LogP contribution < -0.4 is 0 Å². The summed E-state index contributed by atoms with van der Waals surface area (Å²) >= 11 is 0. The van der Waals surface area contributed by atoms with Gasteiger partial charge in [0, 0.05) is 31.7 Å². The molecule has 2 aromatic rings. The average Bonchev–Trinajstić information content (AvgIpc) is 3.09. The fourth-order valence-corrected chi connectivity index (χ4v) is 4.69. The maximum Gasteiger partial charge on any atom is 0.274 e. The fourth-order valence-electron chi connectivity index (χ4n) is 4.69. The first-order valence-electron chi connectivity index (χ1n) is 9.16. The molecule has 1 N–H and O–H groups in total. The minimum Gasteiger partial charge on any atom is -0.385 e. The second-order valence-electron chi connectivity index (χ2n) is 7.42. The van der Waals surface area contributed by atoms with Crippen molar-refractivity contribution in [1.82, 2.24) is 14.5 Å². The van der Waals surface area contributed by atoms with Crippen LogP contribution in [0.2, 0.25) is 0 Å². The van der Waals surface area contributed by atoms with Gasteiger partial charge in [-0.25, -0.2) is 4.98 Å². The van der Waals surface area contributed by atoms with Gasteiger partial charge in [0.2, 0.25) is 0 Å². The van der Waals surface area contributed by atoms with Crippen molar-refractivity contribution in [3.8, 4) is 0 Å². The highest BCUT2D eigenvalue weighted by Crippen LogP contribution is 2.47. The molecule has 1 aromatic heterocycles. The molecular formula is C20H25N3O2. The van der Waals surface area contributed by atoms with E-state index in [2.05, 4.69) is 4.98 Å². The maximum atomic E-state index is 13.0. The van der Waals surface area contributed by atoms with Crippen LogP contribution in [0.3, 0.4) is 0 Å². The van der Waals surface area contributed by atoms with E-state index in [1.165, 1.54) is 0 Å². The molecule has 2 fully saturated rings. The lowest BCUT2D eigenvalue weighted by Gasteiger charge is -2.52. The van der Waals surface area contributed by atoms with E-state index in [9.17, 15) is 9.90 Å². The number of carbonyl (C=O) groups is 1. The predicted octanol–water partition coefficient (Wildman–Crippen LogP) is 2.71. The van der Waals surface area contributed by atoms with Crippen LogP contribution in [-0.4, -0.2) is 38.1 Å². The summed E-state index contributed by atoms with van der Waals surface area (Å²) in [5.74, 6) is 0.0812. The number of aryl methyl sites for hydroxylation is 1. The molecule has 3 atom stereocenters. The fraction of sp³-hybridized carbons (Fsp3) is 0.500. The normalized spacial score (nSPS) is 29.3. The smallest absolute Gasteiger partial charge is 0.274 e. The Morgan fingerprint density at radius 2 is 2.00 bits per heavy atom. The summed E-state index contributed by atoms with van der Waals surface area (Å²) < 4.78 is 1.80. The zero-order valence-electron chi connectivity index (χ0n) is 14.6. The van der Waals surface area contributed by atoms with Crippen LogP contribution in [0.15, 0.2) is 42.9 Å². The van der Waals surface area contributed by atoms with Gasteiger partial charge in [0.25, 0.3) is 5.91 Å². The summed E-state index contributed by atoms with van der Waals surface area (Å²) in [6.45, 7) is 0.571. The highest BCUT2D eigenvalue weighted by Gasteiger charge is 2.50. The number of rotatable bonds is 2. The first kappa shape index (κ1) is 16.3. The molecule has 1 aromatic carbocycles. The predicted molar refractivity (Wildman–Crippen MR) is 94.9 cm³/mol. The third-order valence-corrected chi connectivity index (χ3v) is 5.94. The van der Waals surface area contributed by atoms with Crippen LogP contribution in [-0.2, 0) is 12.6 Å². The molecule has 0 radical (unpaired) electrons. The molecule has 5 nitrogen and oxygen atoms in total. The summed E-state index contributed by atoms with van der Waals surface area (Å²) in [4.78, 5) is 19.2. The van der Waals surface area contributed by atoms with Gasteiger partial charge in [0.1, 0.15) is 5.69 Å². The van der Waals surface area contributed by atoms with Crippen molar-refractivity contribution in [2.45, 2.75) is 43.7 Å². The summed E-state index contributed by atoms with van der Waals surface area (Å²) in [5.41, 5.74) is 0.640. The number of amides is 1. The van der Waals surface area contributed by atoms with Crippen molar-refractivity contribution in [1.29, 1.82) is 0 Å². The molecular weight excluding hydrogens is 314 g/mol. The van der Waals surface area contributed by atoms with Crippen LogP contribution in [0.1, 0.15) is 48.2 Å². The van der Waals surface area contributed by atoms with Crippen molar-refractivity contribution < 1.29 is 9.90 Å². The molecule has 1 amide bonds. The van der Waals surface area contributed by atoms with Crippen molar-refractivity contribution in [2.24, 2.45) is 13.0 Å². The number of fused-ring (bicyclic) bond motifs is 1. The number of aliphatic hydroxyl groups is 1. The van der Waals surface area contributed by atoms with E-state index in [4.69, 9.17) is 0 Å². The molecule has 0 spiro atoms. The highest BCUT2D eigenvalue weighted by molar-refractivity contribution is 5.92. The van der Waals surface area contributed by atoms with E-state index in [-0.39, 0.29) is 17.9 Å². The average molecular weight is 339 g/mol. The number of carbonyl (C=O) groups excluding carboxylic acids is 1. The lowest BCUT2D eigenvalue weighted by Crippen LogP contribution is -2.59. The number of likely N-dealkylation sites (tertiary alicyclic amines) is 1. The standard InChI is InChI=1S/C20H25N3O2/c1-22-13-17(21-14-22)19(24)23-12-11-20(25,15-7-3-2-4-8-15)16-9-5-6-10-18(16)23/h2-4,7-8,13-14,16,18,25H,5-6,9-12H2,1H3/t16-,18+,20?/m0/s1. The van der Waals surface area contributed by atoms with Crippen molar-refractivity contribution in [3.63, 3.8) is 0 Å². The van der Waals surface area contributed by atoms with Crippen LogP contribution >= 0.6 is 0 Å². The zero-order chi connectivity index (χ0) is 17.4. The van der Waals surface area contributed by atoms with Crippen molar-refractivity contribution in [2.75, 3.05) is 6.54 Å². The molecule has 1 aliphatic carbocycles. The second-order valence-corrected chi connectivity index (χ2v) is 7.42. The van der Waals surface area contributed by atoms with Gasteiger partial charge in [-0.15, -0.1) is 0 Å². The van der Waals surface area contributed by atoms with E-state index in [1.807, 2.05) is 42.3 Å². The molecule has 0 bridgehead atoms. The Bertz CT molecular complexity index is 757.